The average molecular weight is 218 g/mol. The second kappa shape index (κ2) is 3.76. The van der Waals surface area contributed by atoms with E-state index in [4.69, 9.17) is 4.74 Å². The lowest BCUT2D eigenvalue weighted by Gasteiger charge is -2.21. The zero-order valence-corrected chi connectivity index (χ0v) is 9.19. The molecule has 2 rings (SSSR count). The predicted octanol–water partition coefficient (Wildman–Crippen LogP) is 1.74. The summed E-state index contributed by atoms with van der Waals surface area (Å²) in [6.45, 7) is 5.10. The Hall–Kier alpha value is -1.61. The van der Waals surface area contributed by atoms with Gasteiger partial charge < -0.3 is 9.84 Å². The molecule has 0 spiro atoms. The Bertz CT molecular complexity index is 450. The smallest absolute Gasteiger partial charge is 0.159 e. The number of fused-ring (bicyclic) bond motifs is 1. The SMILES string of the molecule is C=CC1(CO)Cc2cc(C(C)=O)ccc2O1. The number of hydrogen-bond donors (Lipinski definition) is 1. The third kappa shape index (κ3) is 1.63. The van der Waals surface area contributed by atoms with Crippen LogP contribution in [0.25, 0.3) is 0 Å². The first-order chi connectivity index (χ1) is 7.60. The van der Waals surface area contributed by atoms with Crippen molar-refractivity contribution in [3.63, 3.8) is 0 Å². The van der Waals surface area contributed by atoms with Crippen molar-refractivity contribution in [3.8, 4) is 5.75 Å². The number of rotatable bonds is 3. The van der Waals surface area contributed by atoms with E-state index < -0.39 is 5.60 Å². The molecule has 0 bridgehead atoms. The summed E-state index contributed by atoms with van der Waals surface area (Å²) in [4.78, 5) is 11.2. The zero-order valence-electron chi connectivity index (χ0n) is 9.19. The van der Waals surface area contributed by atoms with Crippen LogP contribution in [0, 0.1) is 0 Å². The molecule has 1 N–H and O–H groups in total. The number of benzene rings is 1. The molecular weight excluding hydrogens is 204 g/mol. The largest absolute Gasteiger partial charge is 0.480 e. The van der Waals surface area contributed by atoms with Crippen LogP contribution in [0.1, 0.15) is 22.8 Å². The van der Waals surface area contributed by atoms with Gasteiger partial charge in [-0.15, -0.1) is 0 Å². The van der Waals surface area contributed by atoms with Crippen LogP contribution in [0.15, 0.2) is 30.9 Å². The molecule has 1 unspecified atom stereocenters. The molecule has 0 saturated carbocycles. The fourth-order valence-corrected chi connectivity index (χ4v) is 1.88. The second-order valence-corrected chi connectivity index (χ2v) is 4.08. The molecule has 0 fully saturated rings. The van der Waals surface area contributed by atoms with E-state index in [1.54, 1.807) is 18.2 Å². The van der Waals surface area contributed by atoms with Gasteiger partial charge in [-0.05, 0) is 36.8 Å². The van der Waals surface area contributed by atoms with Gasteiger partial charge in [-0.25, -0.2) is 0 Å². The Morgan fingerprint density at radius 1 is 1.69 bits per heavy atom. The average Bonchev–Trinajstić information content (AvgIpc) is 2.67. The molecule has 0 radical (unpaired) electrons. The Labute approximate surface area is 94.4 Å². The van der Waals surface area contributed by atoms with Crippen molar-refractivity contribution in [2.45, 2.75) is 18.9 Å². The summed E-state index contributed by atoms with van der Waals surface area (Å²) < 4.78 is 5.65. The van der Waals surface area contributed by atoms with Gasteiger partial charge in [0.2, 0.25) is 0 Å². The first-order valence-corrected chi connectivity index (χ1v) is 5.17. The zero-order chi connectivity index (χ0) is 11.8. The number of carbonyl (C=O) groups is 1. The molecule has 0 aliphatic carbocycles. The minimum atomic E-state index is -0.724. The van der Waals surface area contributed by atoms with E-state index in [0.717, 1.165) is 11.3 Å². The van der Waals surface area contributed by atoms with Crippen LogP contribution in [-0.4, -0.2) is 23.1 Å². The lowest BCUT2D eigenvalue weighted by molar-refractivity contribution is 0.0701. The van der Waals surface area contributed by atoms with E-state index >= 15 is 0 Å². The molecule has 0 aromatic heterocycles. The molecule has 0 saturated heterocycles. The summed E-state index contributed by atoms with van der Waals surface area (Å²) in [7, 11) is 0. The lowest BCUT2D eigenvalue weighted by atomic mass is 9.97. The van der Waals surface area contributed by atoms with Gasteiger partial charge in [0.1, 0.15) is 5.75 Å². The van der Waals surface area contributed by atoms with Gasteiger partial charge in [0.25, 0.3) is 0 Å². The number of aliphatic hydroxyl groups is 1. The quantitative estimate of drug-likeness (QED) is 0.621. The van der Waals surface area contributed by atoms with Crippen molar-refractivity contribution >= 4 is 5.78 Å². The molecular formula is C13H14O3. The minimum absolute atomic E-state index is 0.0305. The van der Waals surface area contributed by atoms with Gasteiger partial charge in [-0.1, -0.05) is 6.58 Å². The van der Waals surface area contributed by atoms with Crippen LogP contribution in [0.5, 0.6) is 5.75 Å². The fraction of sp³-hybridized carbons (Fsp3) is 0.308. The molecule has 16 heavy (non-hydrogen) atoms. The lowest BCUT2D eigenvalue weighted by Crippen LogP contribution is -2.35. The molecule has 1 atom stereocenters. The molecule has 1 aromatic rings. The van der Waals surface area contributed by atoms with Gasteiger partial charge >= 0.3 is 0 Å². The Kier molecular flexibility index (Phi) is 2.56. The number of Topliss-reactive ketones (excluding diaryl/α,β-unsaturated/α-hetero) is 1. The number of carbonyl (C=O) groups excluding carboxylic acids is 1. The van der Waals surface area contributed by atoms with Crippen LogP contribution in [-0.2, 0) is 6.42 Å². The number of ether oxygens (including phenoxy) is 1. The molecule has 84 valence electrons. The van der Waals surface area contributed by atoms with E-state index in [2.05, 4.69) is 6.58 Å². The monoisotopic (exact) mass is 218 g/mol. The van der Waals surface area contributed by atoms with Crippen LogP contribution in [0.2, 0.25) is 0 Å². The molecule has 1 aliphatic rings. The van der Waals surface area contributed by atoms with E-state index in [-0.39, 0.29) is 12.4 Å². The van der Waals surface area contributed by atoms with Crippen LogP contribution >= 0.6 is 0 Å². The van der Waals surface area contributed by atoms with E-state index in [0.29, 0.717) is 12.0 Å². The Morgan fingerprint density at radius 3 is 3.00 bits per heavy atom. The Balaban J connectivity index is 2.38. The van der Waals surface area contributed by atoms with E-state index in [1.165, 1.54) is 6.92 Å². The second-order valence-electron chi connectivity index (χ2n) is 4.08. The summed E-state index contributed by atoms with van der Waals surface area (Å²) in [6.07, 6.45) is 2.17. The van der Waals surface area contributed by atoms with Crippen molar-refractivity contribution in [2.75, 3.05) is 6.61 Å². The van der Waals surface area contributed by atoms with Crippen molar-refractivity contribution in [2.24, 2.45) is 0 Å². The molecule has 3 nitrogen and oxygen atoms in total. The maximum absolute atomic E-state index is 11.2. The van der Waals surface area contributed by atoms with Gasteiger partial charge in [0.05, 0.1) is 6.61 Å². The maximum Gasteiger partial charge on any atom is 0.159 e. The number of ketones is 1. The third-order valence-corrected chi connectivity index (χ3v) is 2.91. The van der Waals surface area contributed by atoms with Crippen LogP contribution in [0.3, 0.4) is 0 Å². The number of aliphatic hydroxyl groups excluding tert-OH is 1. The number of hydrogen-bond acceptors (Lipinski definition) is 3. The van der Waals surface area contributed by atoms with Crippen molar-refractivity contribution < 1.29 is 14.6 Å². The summed E-state index contributed by atoms with van der Waals surface area (Å²) >= 11 is 0. The highest BCUT2D eigenvalue weighted by atomic mass is 16.5. The molecule has 0 amide bonds. The molecule has 1 aromatic carbocycles. The minimum Gasteiger partial charge on any atom is -0.480 e. The topological polar surface area (TPSA) is 46.5 Å². The van der Waals surface area contributed by atoms with E-state index in [9.17, 15) is 9.90 Å². The highest BCUT2D eigenvalue weighted by Crippen LogP contribution is 2.36. The molecule has 3 heteroatoms. The highest BCUT2D eigenvalue weighted by molar-refractivity contribution is 5.94. The Morgan fingerprint density at radius 2 is 2.44 bits per heavy atom. The normalized spacial score (nSPS) is 22.4. The van der Waals surface area contributed by atoms with Crippen LogP contribution < -0.4 is 4.74 Å². The van der Waals surface area contributed by atoms with Crippen molar-refractivity contribution in [3.05, 3.63) is 42.0 Å². The van der Waals surface area contributed by atoms with Gasteiger partial charge in [-0.2, -0.15) is 0 Å². The van der Waals surface area contributed by atoms with Crippen molar-refractivity contribution in [1.82, 2.24) is 0 Å². The summed E-state index contributed by atoms with van der Waals surface area (Å²) in [6, 6.07) is 5.32. The maximum atomic E-state index is 11.2. The van der Waals surface area contributed by atoms with Gasteiger partial charge in [-0.3, -0.25) is 4.79 Å². The summed E-state index contributed by atoms with van der Waals surface area (Å²) in [5.41, 5.74) is 0.888. The summed E-state index contributed by atoms with van der Waals surface area (Å²) in [5, 5.41) is 9.30. The highest BCUT2D eigenvalue weighted by Gasteiger charge is 2.36. The van der Waals surface area contributed by atoms with Crippen molar-refractivity contribution in [1.29, 1.82) is 0 Å². The predicted molar refractivity (Wildman–Crippen MR) is 60.8 cm³/mol. The first-order valence-electron chi connectivity index (χ1n) is 5.17. The third-order valence-electron chi connectivity index (χ3n) is 2.91. The summed E-state index contributed by atoms with van der Waals surface area (Å²) in [5.74, 6) is 0.752. The standard InChI is InChI=1S/C13H14O3/c1-3-13(8-14)7-11-6-10(9(2)15)4-5-12(11)16-13/h3-6,14H,1,7-8H2,2H3. The molecule has 1 aliphatic heterocycles. The molecule has 1 heterocycles. The van der Waals surface area contributed by atoms with Gasteiger partial charge in [0, 0.05) is 12.0 Å². The van der Waals surface area contributed by atoms with Gasteiger partial charge in [0.15, 0.2) is 11.4 Å². The van der Waals surface area contributed by atoms with E-state index in [1.807, 2.05) is 6.07 Å². The van der Waals surface area contributed by atoms with Crippen LogP contribution in [0.4, 0.5) is 0 Å². The fourth-order valence-electron chi connectivity index (χ4n) is 1.88. The first kappa shape index (κ1) is 10.9.